The van der Waals surface area contributed by atoms with Crippen LogP contribution in [0.25, 0.3) is 0 Å². The van der Waals surface area contributed by atoms with E-state index < -0.39 is 0 Å². The average molecular weight is 194 g/mol. The van der Waals surface area contributed by atoms with E-state index in [4.69, 9.17) is 5.73 Å². The van der Waals surface area contributed by atoms with E-state index in [2.05, 4.69) is 4.90 Å². The molecule has 2 atom stereocenters. The minimum Gasteiger partial charge on any atom is -0.326 e. The molecule has 2 nitrogen and oxygen atoms in total. The Morgan fingerprint density at radius 3 is 2.64 bits per heavy atom. The van der Waals surface area contributed by atoms with Crippen molar-refractivity contribution in [3.8, 4) is 0 Å². The molecule has 0 unspecified atom stereocenters. The Balaban J connectivity index is 2.27. The lowest BCUT2D eigenvalue weighted by atomic mass is 9.94. The van der Waals surface area contributed by atoms with Gasteiger partial charge in [-0.2, -0.15) is 0 Å². The zero-order valence-corrected chi connectivity index (χ0v) is 8.28. The molecular weight excluding hydrogens is 179 g/mol. The molecule has 0 spiro atoms. The maximum atomic E-state index is 13.5. The van der Waals surface area contributed by atoms with Crippen LogP contribution in [0.1, 0.15) is 11.5 Å². The zero-order chi connectivity index (χ0) is 10.1. The predicted molar refractivity (Wildman–Crippen MR) is 54.6 cm³/mol. The van der Waals surface area contributed by atoms with Crippen LogP contribution >= 0.6 is 0 Å². The molecule has 0 amide bonds. The molecule has 1 aliphatic heterocycles. The van der Waals surface area contributed by atoms with Gasteiger partial charge < -0.3 is 10.6 Å². The molecular formula is C11H15FN2. The topological polar surface area (TPSA) is 29.3 Å². The van der Waals surface area contributed by atoms with Crippen molar-refractivity contribution >= 4 is 0 Å². The summed E-state index contributed by atoms with van der Waals surface area (Å²) >= 11 is 0. The van der Waals surface area contributed by atoms with Crippen LogP contribution in [0.3, 0.4) is 0 Å². The first-order valence-corrected chi connectivity index (χ1v) is 4.87. The highest BCUT2D eigenvalue weighted by atomic mass is 19.1. The third-order valence-corrected chi connectivity index (χ3v) is 2.85. The smallest absolute Gasteiger partial charge is 0.126 e. The summed E-state index contributed by atoms with van der Waals surface area (Å²) in [6.07, 6.45) is 0. The Labute approximate surface area is 83.5 Å². The quantitative estimate of drug-likeness (QED) is 0.727. The highest BCUT2D eigenvalue weighted by molar-refractivity contribution is 5.25. The largest absolute Gasteiger partial charge is 0.326 e. The number of nitrogens with zero attached hydrogens (tertiary/aromatic N) is 1. The molecule has 2 N–H and O–H groups in total. The molecule has 1 heterocycles. The third kappa shape index (κ3) is 1.65. The molecule has 1 aliphatic rings. The van der Waals surface area contributed by atoms with Crippen LogP contribution in [0.2, 0.25) is 0 Å². The fraction of sp³-hybridized carbons (Fsp3) is 0.455. The van der Waals surface area contributed by atoms with Crippen LogP contribution in [0.4, 0.5) is 4.39 Å². The van der Waals surface area contributed by atoms with Crippen LogP contribution in [-0.2, 0) is 0 Å². The second-order valence-electron chi connectivity index (χ2n) is 4.01. The maximum absolute atomic E-state index is 13.5. The van der Waals surface area contributed by atoms with Crippen molar-refractivity contribution in [3.63, 3.8) is 0 Å². The summed E-state index contributed by atoms with van der Waals surface area (Å²) in [5.41, 5.74) is 6.72. The number of benzene rings is 1. The third-order valence-electron chi connectivity index (χ3n) is 2.85. The SMILES string of the molecule is CN1C[C@@H](N)[C@H](c2ccccc2F)C1. The van der Waals surface area contributed by atoms with Gasteiger partial charge in [-0.3, -0.25) is 0 Å². The van der Waals surface area contributed by atoms with Gasteiger partial charge in [0.15, 0.2) is 0 Å². The minimum atomic E-state index is -0.136. The van der Waals surface area contributed by atoms with Gasteiger partial charge >= 0.3 is 0 Å². The fourth-order valence-corrected chi connectivity index (χ4v) is 2.14. The van der Waals surface area contributed by atoms with Crippen molar-refractivity contribution in [2.75, 3.05) is 20.1 Å². The lowest BCUT2D eigenvalue weighted by Gasteiger charge is -2.15. The summed E-state index contributed by atoms with van der Waals surface area (Å²) in [5, 5.41) is 0. The average Bonchev–Trinajstić information content (AvgIpc) is 2.46. The highest BCUT2D eigenvalue weighted by Gasteiger charge is 2.30. The Bertz CT molecular complexity index is 327. The van der Waals surface area contributed by atoms with Gasteiger partial charge in [-0.15, -0.1) is 0 Å². The summed E-state index contributed by atoms with van der Waals surface area (Å²) in [5.74, 6) is 0.00412. The van der Waals surface area contributed by atoms with E-state index in [-0.39, 0.29) is 17.8 Å². The number of hydrogen-bond acceptors (Lipinski definition) is 2. The first-order chi connectivity index (χ1) is 6.68. The summed E-state index contributed by atoms with van der Waals surface area (Å²) in [6.45, 7) is 1.70. The van der Waals surface area contributed by atoms with Crippen molar-refractivity contribution in [3.05, 3.63) is 35.6 Å². The van der Waals surface area contributed by atoms with Gasteiger partial charge in [-0.05, 0) is 18.7 Å². The van der Waals surface area contributed by atoms with Gasteiger partial charge in [-0.25, -0.2) is 4.39 Å². The Morgan fingerprint density at radius 1 is 1.36 bits per heavy atom. The van der Waals surface area contributed by atoms with Gasteiger partial charge in [0.05, 0.1) is 0 Å². The van der Waals surface area contributed by atoms with Crippen molar-refractivity contribution in [1.82, 2.24) is 4.90 Å². The summed E-state index contributed by atoms with van der Waals surface area (Å²) < 4.78 is 13.5. The minimum absolute atomic E-state index is 0.0527. The molecule has 0 aromatic heterocycles. The summed E-state index contributed by atoms with van der Waals surface area (Å²) in [4.78, 5) is 2.14. The second kappa shape index (κ2) is 3.67. The Kier molecular flexibility index (Phi) is 2.52. The molecule has 1 saturated heterocycles. The molecule has 0 saturated carbocycles. The molecule has 14 heavy (non-hydrogen) atoms. The van der Waals surface area contributed by atoms with Crippen molar-refractivity contribution in [2.24, 2.45) is 5.73 Å². The standard InChI is InChI=1S/C11H15FN2/c1-14-6-9(11(13)7-14)8-4-2-3-5-10(8)12/h2-5,9,11H,6-7,13H2,1H3/t9-,11+/m0/s1. The van der Waals surface area contributed by atoms with Crippen LogP contribution in [0.5, 0.6) is 0 Å². The van der Waals surface area contributed by atoms with Gasteiger partial charge in [-0.1, -0.05) is 18.2 Å². The predicted octanol–water partition coefficient (Wildman–Crippen LogP) is 1.18. The molecule has 1 aromatic rings. The number of rotatable bonds is 1. The number of likely N-dealkylation sites (tertiary alicyclic amines) is 1. The van der Waals surface area contributed by atoms with Gasteiger partial charge in [0.1, 0.15) is 5.82 Å². The zero-order valence-electron chi connectivity index (χ0n) is 8.28. The van der Waals surface area contributed by atoms with E-state index >= 15 is 0 Å². The first-order valence-electron chi connectivity index (χ1n) is 4.87. The van der Waals surface area contributed by atoms with Gasteiger partial charge in [0.25, 0.3) is 0 Å². The van der Waals surface area contributed by atoms with E-state index in [1.165, 1.54) is 6.07 Å². The van der Waals surface area contributed by atoms with E-state index in [1.807, 2.05) is 19.2 Å². The first kappa shape index (κ1) is 9.62. The number of hydrogen-bond donors (Lipinski definition) is 1. The number of nitrogens with two attached hydrogens (primary N) is 1. The Morgan fingerprint density at radius 2 is 2.07 bits per heavy atom. The molecule has 1 fully saturated rings. The van der Waals surface area contributed by atoms with Crippen molar-refractivity contribution in [2.45, 2.75) is 12.0 Å². The second-order valence-corrected chi connectivity index (χ2v) is 4.01. The van der Waals surface area contributed by atoms with Gasteiger partial charge in [0, 0.05) is 25.0 Å². The van der Waals surface area contributed by atoms with Crippen LogP contribution in [0, 0.1) is 5.82 Å². The Hall–Kier alpha value is -0.930. The van der Waals surface area contributed by atoms with E-state index in [0.717, 1.165) is 18.7 Å². The van der Waals surface area contributed by atoms with Crippen molar-refractivity contribution in [1.29, 1.82) is 0 Å². The lowest BCUT2D eigenvalue weighted by Crippen LogP contribution is -2.28. The van der Waals surface area contributed by atoms with Crippen LogP contribution < -0.4 is 5.73 Å². The van der Waals surface area contributed by atoms with E-state index in [9.17, 15) is 4.39 Å². The maximum Gasteiger partial charge on any atom is 0.126 e. The molecule has 0 aliphatic carbocycles. The van der Waals surface area contributed by atoms with Crippen LogP contribution in [0.15, 0.2) is 24.3 Å². The molecule has 0 radical (unpaired) electrons. The normalized spacial score (nSPS) is 28.2. The van der Waals surface area contributed by atoms with E-state index in [0.29, 0.717) is 0 Å². The summed E-state index contributed by atoms with van der Waals surface area (Å²) in [6, 6.07) is 6.96. The molecule has 0 bridgehead atoms. The highest BCUT2D eigenvalue weighted by Crippen LogP contribution is 2.27. The lowest BCUT2D eigenvalue weighted by molar-refractivity contribution is 0.406. The molecule has 76 valence electrons. The monoisotopic (exact) mass is 194 g/mol. The van der Waals surface area contributed by atoms with Crippen molar-refractivity contribution < 1.29 is 4.39 Å². The molecule has 2 rings (SSSR count). The fourth-order valence-electron chi connectivity index (χ4n) is 2.14. The number of halogens is 1. The van der Waals surface area contributed by atoms with Crippen LogP contribution in [-0.4, -0.2) is 31.1 Å². The summed E-state index contributed by atoms with van der Waals surface area (Å²) in [7, 11) is 2.01. The molecule has 3 heteroatoms. The van der Waals surface area contributed by atoms with E-state index in [1.54, 1.807) is 6.07 Å². The molecule has 1 aromatic carbocycles. The number of likely N-dealkylation sites (N-methyl/N-ethyl adjacent to an activating group) is 1. The van der Waals surface area contributed by atoms with Gasteiger partial charge in [0.2, 0.25) is 0 Å².